The number of nitrogens with one attached hydrogen (secondary N) is 1. The van der Waals surface area contributed by atoms with Gasteiger partial charge in [-0.05, 0) is 31.6 Å². The first kappa shape index (κ1) is 14.3. The van der Waals surface area contributed by atoms with Crippen molar-refractivity contribution in [2.75, 3.05) is 18.0 Å². The molecule has 1 aromatic heterocycles. The highest BCUT2D eigenvalue weighted by molar-refractivity contribution is 7.15. The van der Waals surface area contributed by atoms with Crippen molar-refractivity contribution in [3.05, 3.63) is 10.6 Å². The molecule has 1 saturated carbocycles. The molecule has 0 aromatic carbocycles. The fraction of sp³-hybridized carbons (Fsp3) is 0.812. The molecule has 0 spiro atoms. The molecular weight excluding hydrogens is 266 g/mol. The van der Waals surface area contributed by atoms with E-state index >= 15 is 0 Å². The lowest BCUT2D eigenvalue weighted by molar-refractivity contribution is 0.524. The summed E-state index contributed by atoms with van der Waals surface area (Å²) < 4.78 is 0. The van der Waals surface area contributed by atoms with Crippen LogP contribution in [0.3, 0.4) is 0 Å². The van der Waals surface area contributed by atoms with E-state index in [-0.39, 0.29) is 0 Å². The minimum atomic E-state index is 0.531. The molecule has 112 valence electrons. The van der Waals surface area contributed by atoms with E-state index < -0.39 is 0 Å². The Kier molecular flexibility index (Phi) is 4.61. The summed E-state index contributed by atoms with van der Waals surface area (Å²) in [5, 5.41) is 5.01. The van der Waals surface area contributed by atoms with E-state index in [1.165, 1.54) is 67.3 Å². The first-order chi connectivity index (χ1) is 9.74. The third kappa shape index (κ3) is 3.17. The Morgan fingerprint density at radius 1 is 1.20 bits per heavy atom. The van der Waals surface area contributed by atoms with Crippen LogP contribution in [0.25, 0.3) is 0 Å². The molecule has 1 N–H and O–H groups in total. The maximum Gasteiger partial charge on any atom is 0.185 e. The lowest BCUT2D eigenvalue weighted by atomic mass is 10.1. The average molecular weight is 293 g/mol. The molecule has 1 aliphatic heterocycles. The van der Waals surface area contributed by atoms with E-state index in [0.29, 0.717) is 5.92 Å². The van der Waals surface area contributed by atoms with E-state index in [4.69, 9.17) is 4.98 Å². The van der Waals surface area contributed by atoms with E-state index in [2.05, 4.69) is 24.1 Å². The summed E-state index contributed by atoms with van der Waals surface area (Å²) in [5.41, 5.74) is 1.32. The monoisotopic (exact) mass is 293 g/mol. The van der Waals surface area contributed by atoms with Gasteiger partial charge < -0.3 is 10.2 Å². The molecular formula is C16H27N3S. The van der Waals surface area contributed by atoms with Gasteiger partial charge in [0.25, 0.3) is 0 Å². The molecule has 2 heterocycles. The molecule has 2 fully saturated rings. The van der Waals surface area contributed by atoms with Crippen LogP contribution in [-0.4, -0.2) is 24.1 Å². The second-order valence-corrected chi connectivity index (χ2v) is 7.58. The third-order valence-electron chi connectivity index (χ3n) is 4.55. The fourth-order valence-corrected chi connectivity index (χ4v) is 4.56. The van der Waals surface area contributed by atoms with Gasteiger partial charge >= 0.3 is 0 Å². The summed E-state index contributed by atoms with van der Waals surface area (Å²) in [7, 11) is 0. The lowest BCUT2D eigenvalue weighted by Crippen LogP contribution is -2.25. The summed E-state index contributed by atoms with van der Waals surface area (Å²) in [4.78, 5) is 8.88. The molecule has 1 aliphatic carbocycles. The number of hydrogen-bond acceptors (Lipinski definition) is 4. The van der Waals surface area contributed by atoms with Crippen LogP contribution in [0.5, 0.6) is 0 Å². The van der Waals surface area contributed by atoms with Crippen LogP contribution in [0, 0.1) is 0 Å². The van der Waals surface area contributed by atoms with Crippen molar-refractivity contribution in [1.82, 2.24) is 10.3 Å². The minimum Gasteiger partial charge on any atom is -0.348 e. The molecule has 0 radical (unpaired) electrons. The second-order valence-electron chi connectivity index (χ2n) is 6.52. The van der Waals surface area contributed by atoms with Gasteiger partial charge in [0.05, 0.1) is 5.69 Å². The summed E-state index contributed by atoms with van der Waals surface area (Å²) in [6, 6.07) is 0.743. The zero-order valence-corrected chi connectivity index (χ0v) is 13.6. The highest BCUT2D eigenvalue weighted by Crippen LogP contribution is 2.32. The zero-order chi connectivity index (χ0) is 13.9. The first-order valence-corrected chi connectivity index (χ1v) is 9.03. The Bertz CT molecular complexity index is 429. The number of anilines is 1. The van der Waals surface area contributed by atoms with Gasteiger partial charge in [-0.25, -0.2) is 4.98 Å². The average Bonchev–Trinajstić information content (AvgIpc) is 3.17. The minimum absolute atomic E-state index is 0.531. The fourth-order valence-electron chi connectivity index (χ4n) is 3.34. The van der Waals surface area contributed by atoms with E-state index in [9.17, 15) is 0 Å². The van der Waals surface area contributed by atoms with Gasteiger partial charge in [0.2, 0.25) is 0 Å². The van der Waals surface area contributed by atoms with Crippen LogP contribution in [0.4, 0.5) is 5.13 Å². The number of nitrogens with zero attached hydrogens (tertiary/aromatic N) is 2. The van der Waals surface area contributed by atoms with Crippen molar-refractivity contribution in [2.24, 2.45) is 0 Å². The van der Waals surface area contributed by atoms with Crippen molar-refractivity contribution in [1.29, 1.82) is 0 Å². The largest absolute Gasteiger partial charge is 0.348 e. The number of rotatable bonds is 5. The highest BCUT2D eigenvalue weighted by atomic mass is 32.1. The van der Waals surface area contributed by atoms with Gasteiger partial charge in [0, 0.05) is 30.6 Å². The van der Waals surface area contributed by atoms with Crippen molar-refractivity contribution < 1.29 is 0 Å². The molecule has 0 amide bonds. The topological polar surface area (TPSA) is 28.2 Å². The Morgan fingerprint density at radius 2 is 1.90 bits per heavy atom. The molecule has 20 heavy (non-hydrogen) atoms. The van der Waals surface area contributed by atoms with Crippen molar-refractivity contribution >= 4 is 16.5 Å². The van der Waals surface area contributed by atoms with Gasteiger partial charge in [-0.2, -0.15) is 0 Å². The predicted octanol–water partition coefficient (Wildman–Crippen LogP) is 3.90. The molecule has 0 unspecified atom stereocenters. The molecule has 2 aliphatic rings. The Labute approximate surface area is 126 Å². The number of aromatic nitrogens is 1. The molecule has 1 aromatic rings. The van der Waals surface area contributed by atoms with Crippen LogP contribution in [-0.2, 0) is 6.54 Å². The van der Waals surface area contributed by atoms with Crippen molar-refractivity contribution in [2.45, 2.75) is 70.9 Å². The molecule has 0 atom stereocenters. The first-order valence-electron chi connectivity index (χ1n) is 8.22. The molecule has 4 heteroatoms. The van der Waals surface area contributed by atoms with Crippen molar-refractivity contribution in [3.63, 3.8) is 0 Å². The summed E-state index contributed by atoms with van der Waals surface area (Å²) in [6.07, 6.45) is 8.16. The maximum atomic E-state index is 4.94. The van der Waals surface area contributed by atoms with E-state index in [0.717, 1.165) is 12.6 Å². The quantitative estimate of drug-likeness (QED) is 0.892. The Morgan fingerprint density at radius 3 is 2.55 bits per heavy atom. The number of hydrogen-bond donors (Lipinski definition) is 1. The van der Waals surface area contributed by atoms with Crippen LogP contribution in [0.15, 0.2) is 0 Å². The normalized spacial score (nSPS) is 20.4. The van der Waals surface area contributed by atoms with Crippen LogP contribution >= 0.6 is 11.3 Å². The predicted molar refractivity (Wildman–Crippen MR) is 86.7 cm³/mol. The van der Waals surface area contributed by atoms with Gasteiger partial charge in [0.15, 0.2) is 5.13 Å². The maximum absolute atomic E-state index is 4.94. The summed E-state index contributed by atoms with van der Waals surface area (Å²) >= 11 is 1.92. The van der Waals surface area contributed by atoms with Crippen LogP contribution in [0.1, 0.15) is 68.9 Å². The van der Waals surface area contributed by atoms with Gasteiger partial charge in [0.1, 0.15) is 0 Å². The van der Waals surface area contributed by atoms with E-state index in [1.54, 1.807) is 0 Å². The van der Waals surface area contributed by atoms with E-state index in [1.807, 2.05) is 11.3 Å². The van der Waals surface area contributed by atoms with Crippen LogP contribution in [0.2, 0.25) is 0 Å². The van der Waals surface area contributed by atoms with Crippen molar-refractivity contribution in [3.8, 4) is 0 Å². The van der Waals surface area contributed by atoms with Crippen LogP contribution < -0.4 is 10.2 Å². The van der Waals surface area contributed by atoms with Gasteiger partial charge in [-0.1, -0.05) is 26.7 Å². The zero-order valence-electron chi connectivity index (χ0n) is 12.8. The molecule has 3 rings (SSSR count). The molecule has 0 bridgehead atoms. The molecule has 3 nitrogen and oxygen atoms in total. The highest BCUT2D eigenvalue weighted by Gasteiger charge is 2.21. The van der Waals surface area contributed by atoms with Gasteiger partial charge in [-0.15, -0.1) is 11.3 Å². The lowest BCUT2D eigenvalue weighted by Gasteiger charge is -2.12. The summed E-state index contributed by atoms with van der Waals surface area (Å²) in [5.74, 6) is 0.531. The van der Waals surface area contributed by atoms with Gasteiger partial charge in [-0.3, -0.25) is 0 Å². The third-order valence-corrected chi connectivity index (χ3v) is 5.68. The summed E-state index contributed by atoms with van der Waals surface area (Å²) in [6.45, 7) is 7.94. The Balaban J connectivity index is 1.70. The number of thiazole rings is 1. The standard InChI is InChI=1S/C16H27N3S/c1-12(2)15-14(11-17-13-7-3-4-8-13)20-16(18-15)19-9-5-6-10-19/h12-13,17H,3-11H2,1-2H3. The molecule has 1 saturated heterocycles. The Hall–Kier alpha value is -0.610. The smallest absolute Gasteiger partial charge is 0.185 e. The SMILES string of the molecule is CC(C)c1nc(N2CCCC2)sc1CNC1CCCC1. The second kappa shape index (κ2) is 6.44.